The molecule has 1 aromatic heterocycles. The highest BCUT2D eigenvalue weighted by atomic mass is 32.1. The third-order valence-electron chi connectivity index (χ3n) is 5.19. The van der Waals surface area contributed by atoms with Crippen LogP contribution in [0.25, 0.3) is 10.2 Å². The molecule has 30 heavy (non-hydrogen) atoms. The van der Waals surface area contributed by atoms with Gasteiger partial charge >= 0.3 is 6.09 Å². The van der Waals surface area contributed by atoms with Crippen LogP contribution in [0.5, 0.6) is 10.9 Å². The summed E-state index contributed by atoms with van der Waals surface area (Å²) in [4.78, 5) is 18.6. The van der Waals surface area contributed by atoms with E-state index in [-0.39, 0.29) is 6.09 Å². The van der Waals surface area contributed by atoms with E-state index in [9.17, 15) is 4.79 Å². The molecule has 1 aliphatic heterocycles. The van der Waals surface area contributed by atoms with Gasteiger partial charge in [-0.25, -0.2) is 9.78 Å². The molecule has 4 rings (SSSR count). The SMILES string of the molecule is CC(C)(C)OC(=O)N1CCC(Cc2ccc(Oc3nc4ccccc4s3)cc2)CC1. The summed E-state index contributed by atoms with van der Waals surface area (Å²) in [7, 11) is 0. The van der Waals surface area contributed by atoms with Crippen LogP contribution in [-0.4, -0.2) is 34.7 Å². The molecule has 0 atom stereocenters. The van der Waals surface area contributed by atoms with Crippen LogP contribution in [0, 0.1) is 5.92 Å². The molecule has 5 nitrogen and oxygen atoms in total. The summed E-state index contributed by atoms with van der Waals surface area (Å²) in [6, 6.07) is 16.3. The summed E-state index contributed by atoms with van der Waals surface area (Å²) < 4.78 is 12.5. The van der Waals surface area contributed by atoms with Crippen LogP contribution in [0.15, 0.2) is 48.5 Å². The van der Waals surface area contributed by atoms with Gasteiger partial charge in [0.25, 0.3) is 5.19 Å². The number of aromatic nitrogens is 1. The summed E-state index contributed by atoms with van der Waals surface area (Å²) in [6.45, 7) is 7.24. The average molecular weight is 425 g/mol. The Morgan fingerprint density at radius 3 is 2.47 bits per heavy atom. The van der Waals surface area contributed by atoms with E-state index in [1.165, 1.54) is 5.56 Å². The van der Waals surface area contributed by atoms with Gasteiger partial charge in [0.2, 0.25) is 0 Å². The predicted molar refractivity (Wildman–Crippen MR) is 120 cm³/mol. The minimum atomic E-state index is -0.441. The summed E-state index contributed by atoms with van der Waals surface area (Å²) in [6.07, 6.45) is 2.83. The van der Waals surface area contributed by atoms with Crippen LogP contribution in [0.2, 0.25) is 0 Å². The van der Waals surface area contributed by atoms with Crippen molar-refractivity contribution in [1.82, 2.24) is 9.88 Å². The molecular weight excluding hydrogens is 396 g/mol. The number of nitrogens with zero attached hydrogens (tertiary/aromatic N) is 2. The van der Waals surface area contributed by atoms with Crippen molar-refractivity contribution in [3.05, 3.63) is 54.1 Å². The molecule has 0 unspecified atom stereocenters. The molecule has 0 aliphatic carbocycles. The van der Waals surface area contributed by atoms with Crippen molar-refractivity contribution in [1.29, 1.82) is 0 Å². The van der Waals surface area contributed by atoms with Crippen molar-refractivity contribution in [3.63, 3.8) is 0 Å². The van der Waals surface area contributed by atoms with Crippen molar-refractivity contribution in [2.24, 2.45) is 5.92 Å². The molecule has 1 saturated heterocycles. The average Bonchev–Trinajstić information content (AvgIpc) is 3.11. The number of likely N-dealkylation sites (tertiary alicyclic amines) is 1. The first kappa shape index (κ1) is 20.7. The number of fused-ring (bicyclic) bond motifs is 1. The molecule has 0 saturated carbocycles. The number of ether oxygens (including phenoxy) is 2. The van der Waals surface area contributed by atoms with Gasteiger partial charge in [0.1, 0.15) is 11.4 Å². The zero-order valence-corrected chi connectivity index (χ0v) is 18.6. The number of carbonyl (C=O) groups is 1. The van der Waals surface area contributed by atoms with E-state index in [2.05, 4.69) is 23.2 Å². The van der Waals surface area contributed by atoms with Crippen molar-refractivity contribution >= 4 is 27.6 Å². The standard InChI is InChI=1S/C24H28N2O3S/c1-24(2,3)29-23(27)26-14-12-18(13-15-26)16-17-8-10-19(11-9-17)28-22-25-20-6-4-5-7-21(20)30-22/h4-11,18H,12-16H2,1-3H3. The largest absolute Gasteiger partial charge is 0.444 e. The van der Waals surface area contributed by atoms with E-state index >= 15 is 0 Å². The Morgan fingerprint density at radius 2 is 1.80 bits per heavy atom. The quantitative estimate of drug-likeness (QED) is 0.495. The molecular formula is C24H28N2O3S. The molecule has 6 heteroatoms. The van der Waals surface area contributed by atoms with E-state index in [1.807, 2.05) is 56.0 Å². The number of amides is 1. The van der Waals surface area contributed by atoms with Gasteiger partial charge in [-0.15, -0.1) is 0 Å². The minimum absolute atomic E-state index is 0.197. The number of benzene rings is 2. The lowest BCUT2D eigenvalue weighted by atomic mass is 9.90. The maximum atomic E-state index is 12.2. The van der Waals surface area contributed by atoms with E-state index < -0.39 is 5.60 Å². The van der Waals surface area contributed by atoms with Gasteiger partial charge in [0.15, 0.2) is 0 Å². The van der Waals surface area contributed by atoms with Crippen LogP contribution in [0.4, 0.5) is 4.79 Å². The molecule has 2 aromatic carbocycles. The van der Waals surface area contributed by atoms with Gasteiger partial charge in [-0.05, 0) is 75.8 Å². The van der Waals surface area contributed by atoms with Gasteiger partial charge in [0, 0.05) is 13.1 Å². The molecule has 0 spiro atoms. The second-order valence-corrected chi connectivity index (χ2v) is 9.80. The minimum Gasteiger partial charge on any atom is -0.444 e. The van der Waals surface area contributed by atoms with Crippen molar-refractivity contribution in [3.8, 4) is 10.9 Å². The van der Waals surface area contributed by atoms with Gasteiger partial charge in [-0.2, -0.15) is 0 Å². The van der Waals surface area contributed by atoms with E-state index in [4.69, 9.17) is 9.47 Å². The second-order valence-electron chi connectivity index (χ2n) is 8.81. The van der Waals surface area contributed by atoms with Gasteiger partial charge in [-0.3, -0.25) is 0 Å². The third kappa shape index (κ3) is 5.30. The lowest BCUT2D eigenvalue weighted by Crippen LogP contribution is -2.42. The highest BCUT2D eigenvalue weighted by Gasteiger charge is 2.26. The van der Waals surface area contributed by atoms with Gasteiger partial charge < -0.3 is 14.4 Å². The predicted octanol–water partition coefficient (Wildman–Crippen LogP) is 6.28. The molecule has 158 valence electrons. The van der Waals surface area contributed by atoms with Crippen LogP contribution >= 0.6 is 11.3 Å². The molecule has 0 radical (unpaired) electrons. The number of thiazole rings is 1. The Bertz CT molecular complexity index is 966. The van der Waals surface area contributed by atoms with Crippen molar-refractivity contribution in [2.45, 2.75) is 45.6 Å². The Labute approximate surface area is 181 Å². The fourth-order valence-corrected chi connectivity index (χ4v) is 4.50. The van der Waals surface area contributed by atoms with Crippen LogP contribution < -0.4 is 4.74 Å². The van der Waals surface area contributed by atoms with Crippen molar-refractivity contribution in [2.75, 3.05) is 13.1 Å². The lowest BCUT2D eigenvalue weighted by Gasteiger charge is -2.33. The molecule has 0 bridgehead atoms. The first-order valence-corrected chi connectivity index (χ1v) is 11.3. The van der Waals surface area contributed by atoms with Crippen LogP contribution in [0.3, 0.4) is 0 Å². The smallest absolute Gasteiger partial charge is 0.410 e. The van der Waals surface area contributed by atoms with Crippen LogP contribution in [0.1, 0.15) is 39.2 Å². The fourth-order valence-electron chi connectivity index (χ4n) is 3.67. The molecule has 2 heterocycles. The van der Waals surface area contributed by atoms with Gasteiger partial charge in [0.05, 0.1) is 10.2 Å². The molecule has 3 aromatic rings. The monoisotopic (exact) mass is 424 g/mol. The van der Waals surface area contributed by atoms with Gasteiger partial charge in [-0.1, -0.05) is 35.6 Å². The number of hydrogen-bond acceptors (Lipinski definition) is 5. The second kappa shape index (κ2) is 8.64. The summed E-state index contributed by atoms with van der Waals surface area (Å²) in [5.74, 6) is 1.39. The molecule has 1 aliphatic rings. The Morgan fingerprint density at radius 1 is 1.10 bits per heavy atom. The first-order valence-electron chi connectivity index (χ1n) is 10.5. The molecule has 0 N–H and O–H groups in total. The Kier molecular flexibility index (Phi) is 5.95. The zero-order chi connectivity index (χ0) is 21.1. The number of rotatable bonds is 4. The zero-order valence-electron chi connectivity index (χ0n) is 17.8. The maximum Gasteiger partial charge on any atom is 0.410 e. The number of carbonyl (C=O) groups excluding carboxylic acids is 1. The number of para-hydroxylation sites is 1. The highest BCUT2D eigenvalue weighted by Crippen LogP contribution is 2.31. The van der Waals surface area contributed by atoms with Crippen molar-refractivity contribution < 1.29 is 14.3 Å². The van der Waals surface area contributed by atoms with Crippen LogP contribution in [-0.2, 0) is 11.2 Å². The fraction of sp³-hybridized carbons (Fsp3) is 0.417. The highest BCUT2D eigenvalue weighted by molar-refractivity contribution is 7.20. The number of piperidine rings is 1. The van der Waals surface area contributed by atoms with E-state index in [0.29, 0.717) is 11.1 Å². The normalized spacial score (nSPS) is 15.4. The summed E-state index contributed by atoms with van der Waals surface area (Å²) in [5, 5.41) is 0.665. The Balaban J connectivity index is 1.28. The van der Waals surface area contributed by atoms with E-state index in [0.717, 1.165) is 48.3 Å². The third-order valence-corrected chi connectivity index (χ3v) is 6.11. The number of hydrogen-bond donors (Lipinski definition) is 0. The Hall–Kier alpha value is -2.60. The van der Waals surface area contributed by atoms with E-state index in [1.54, 1.807) is 11.3 Å². The lowest BCUT2D eigenvalue weighted by molar-refractivity contribution is 0.0184. The molecule has 1 fully saturated rings. The topological polar surface area (TPSA) is 51.7 Å². The first-order chi connectivity index (χ1) is 14.4. The molecule has 1 amide bonds. The summed E-state index contributed by atoms with van der Waals surface area (Å²) in [5.41, 5.74) is 1.82. The summed E-state index contributed by atoms with van der Waals surface area (Å²) >= 11 is 1.55. The maximum absolute atomic E-state index is 12.2.